The number of phenolic OH excluding ortho intramolecular Hbond substituents is 2. The van der Waals surface area contributed by atoms with E-state index in [0.717, 1.165) is 6.92 Å². The summed E-state index contributed by atoms with van der Waals surface area (Å²) in [5.41, 5.74) is -4.15. The number of ether oxygens (including phenoxy) is 3. The van der Waals surface area contributed by atoms with Gasteiger partial charge in [0.05, 0.1) is 42.0 Å². The zero-order chi connectivity index (χ0) is 32.5. The van der Waals surface area contributed by atoms with Gasteiger partial charge in [0.15, 0.2) is 17.9 Å². The van der Waals surface area contributed by atoms with Crippen LogP contribution < -0.4 is 10.1 Å². The number of methoxy groups -OCH3 is 1. The Morgan fingerprint density at radius 3 is 2.36 bits per heavy atom. The van der Waals surface area contributed by atoms with Crippen LogP contribution in [-0.2, 0) is 25.5 Å². The van der Waals surface area contributed by atoms with E-state index in [1.54, 1.807) is 5.32 Å². The Morgan fingerprint density at radius 2 is 1.75 bits per heavy atom. The quantitative estimate of drug-likeness (QED) is 0.261. The number of rotatable bonds is 5. The van der Waals surface area contributed by atoms with Crippen molar-refractivity contribution in [3.63, 3.8) is 0 Å². The lowest BCUT2D eigenvalue weighted by Gasteiger charge is -2.42. The van der Waals surface area contributed by atoms with Crippen LogP contribution in [0.3, 0.4) is 0 Å². The Kier molecular flexibility index (Phi) is 7.73. The maximum absolute atomic E-state index is 13.7. The van der Waals surface area contributed by atoms with Crippen LogP contribution in [0, 0.1) is 0 Å². The summed E-state index contributed by atoms with van der Waals surface area (Å²) in [5.74, 6) is -6.32. The maximum Gasteiger partial charge on any atom is 0.471 e. The number of amides is 1. The smallest absolute Gasteiger partial charge is 0.471 e. The largest absolute Gasteiger partial charge is 0.507 e. The number of halogens is 3. The Hall–Kier alpha value is -4.05. The number of carbonyl (C=O) groups excluding carboxylic acids is 4. The van der Waals surface area contributed by atoms with Gasteiger partial charge in [-0.15, -0.1) is 0 Å². The Morgan fingerprint density at radius 1 is 1.09 bits per heavy atom. The standard InChI is InChI=1S/C29H28F3NO11/c1-10-22(35)14(33-27(40)29(30,31)32)7-17(43-10)44-16-9-28(41,11(2)34)8-13-19(16)26(39)21-20(24(13)37)23(36)12-5-4-6-15(42-3)18(12)25(21)38/h4-6,10,14,16-17,22,35,37,39,41H,7-9H2,1-3H3,(H,33,40)/t10-,14-,16-,17-,22+,28-/m0/s1. The fraction of sp³-hybridized carbons (Fsp3) is 0.448. The van der Waals surface area contributed by atoms with E-state index in [1.165, 1.54) is 32.2 Å². The van der Waals surface area contributed by atoms with Gasteiger partial charge >= 0.3 is 12.1 Å². The minimum absolute atomic E-state index is 0.0250. The second-order valence-corrected chi connectivity index (χ2v) is 11.0. The highest BCUT2D eigenvalue weighted by Crippen LogP contribution is 2.52. The number of aromatic hydroxyl groups is 2. The number of Topliss-reactive ketones (excluding diaryl/α,β-unsaturated/α-hetero) is 1. The molecule has 1 aliphatic heterocycles. The van der Waals surface area contributed by atoms with Gasteiger partial charge in [-0.1, -0.05) is 12.1 Å². The van der Waals surface area contributed by atoms with Crippen molar-refractivity contribution < 1.29 is 67.0 Å². The summed E-state index contributed by atoms with van der Waals surface area (Å²) in [4.78, 5) is 51.4. The van der Waals surface area contributed by atoms with E-state index in [1.807, 2.05) is 0 Å². The summed E-state index contributed by atoms with van der Waals surface area (Å²) in [6.07, 6.45) is -12.7. The lowest BCUT2D eigenvalue weighted by Crippen LogP contribution is -2.57. The van der Waals surface area contributed by atoms with Crippen LogP contribution in [0.5, 0.6) is 17.2 Å². The van der Waals surface area contributed by atoms with Crippen molar-refractivity contribution in [3.8, 4) is 17.2 Å². The van der Waals surface area contributed by atoms with Crippen molar-refractivity contribution in [2.24, 2.45) is 0 Å². The van der Waals surface area contributed by atoms with Gasteiger partial charge in [-0.2, -0.15) is 13.2 Å². The average molecular weight is 624 g/mol. The SMILES string of the molecule is COc1cccc2c1C(=O)c1c(O)c3c(c(O)c1C2=O)C[C@@](O)(C(C)=O)C[C@@H]3O[C@H]1C[C@H](NC(=O)C(F)(F)F)[C@H](O)[C@H](C)O1. The molecule has 2 aliphatic carbocycles. The molecule has 5 N–H and O–H groups in total. The molecule has 12 nitrogen and oxygen atoms in total. The van der Waals surface area contributed by atoms with E-state index in [-0.39, 0.29) is 28.0 Å². The van der Waals surface area contributed by atoms with Crippen LogP contribution in [0.25, 0.3) is 0 Å². The summed E-state index contributed by atoms with van der Waals surface area (Å²) >= 11 is 0. The third-order valence-electron chi connectivity index (χ3n) is 8.33. The van der Waals surface area contributed by atoms with Crippen LogP contribution >= 0.6 is 0 Å². The zero-order valence-electron chi connectivity index (χ0n) is 23.5. The molecule has 15 heteroatoms. The second kappa shape index (κ2) is 10.8. The number of phenols is 2. The molecule has 5 rings (SSSR count). The molecule has 0 spiro atoms. The first kappa shape index (κ1) is 31.4. The highest BCUT2D eigenvalue weighted by Gasteiger charge is 2.50. The molecule has 44 heavy (non-hydrogen) atoms. The number of carbonyl (C=O) groups is 4. The van der Waals surface area contributed by atoms with Crippen LogP contribution in [-0.4, -0.2) is 87.1 Å². The molecule has 236 valence electrons. The minimum atomic E-state index is -5.24. The van der Waals surface area contributed by atoms with Crippen molar-refractivity contribution in [3.05, 3.63) is 51.6 Å². The summed E-state index contributed by atoms with van der Waals surface area (Å²) < 4.78 is 55.5. The first-order valence-corrected chi connectivity index (χ1v) is 13.5. The summed E-state index contributed by atoms with van der Waals surface area (Å²) in [6.45, 7) is 2.37. The molecular formula is C29H28F3NO11. The minimum Gasteiger partial charge on any atom is -0.507 e. The van der Waals surface area contributed by atoms with Gasteiger partial charge in [0, 0.05) is 36.0 Å². The summed E-state index contributed by atoms with van der Waals surface area (Å²) in [5, 5.41) is 46.2. The number of hydrogen-bond donors (Lipinski definition) is 5. The molecule has 0 saturated carbocycles. The third kappa shape index (κ3) is 4.99. The topological polar surface area (TPSA) is 189 Å². The number of alkyl halides is 3. The van der Waals surface area contributed by atoms with Crippen molar-refractivity contribution in [2.45, 2.75) is 75.5 Å². The molecule has 2 aromatic rings. The Balaban J connectivity index is 1.60. The Bertz CT molecular complexity index is 1590. The van der Waals surface area contributed by atoms with Crippen LogP contribution in [0.15, 0.2) is 18.2 Å². The lowest BCUT2D eigenvalue weighted by atomic mass is 9.72. The van der Waals surface area contributed by atoms with Crippen LogP contribution in [0.2, 0.25) is 0 Å². The predicted octanol–water partition coefficient (Wildman–Crippen LogP) is 1.75. The monoisotopic (exact) mass is 623 g/mol. The lowest BCUT2D eigenvalue weighted by molar-refractivity contribution is -0.250. The van der Waals surface area contributed by atoms with E-state index in [9.17, 15) is 52.8 Å². The molecule has 6 atom stereocenters. The first-order valence-electron chi connectivity index (χ1n) is 13.5. The molecule has 1 amide bonds. The molecule has 3 aliphatic rings. The number of aliphatic hydroxyl groups excluding tert-OH is 1. The second-order valence-electron chi connectivity index (χ2n) is 11.0. The van der Waals surface area contributed by atoms with Gasteiger partial charge in [0.2, 0.25) is 5.78 Å². The van der Waals surface area contributed by atoms with E-state index in [2.05, 4.69) is 0 Å². The molecular weight excluding hydrogens is 595 g/mol. The molecule has 1 fully saturated rings. The highest BCUT2D eigenvalue weighted by atomic mass is 19.4. The number of fused-ring (bicyclic) bond motifs is 3. The number of benzene rings is 2. The zero-order valence-corrected chi connectivity index (χ0v) is 23.5. The number of aliphatic hydroxyl groups is 2. The molecule has 0 unspecified atom stereocenters. The van der Waals surface area contributed by atoms with Crippen molar-refractivity contribution in [1.29, 1.82) is 0 Å². The van der Waals surface area contributed by atoms with Gasteiger partial charge in [0.25, 0.3) is 0 Å². The number of ketones is 3. The van der Waals surface area contributed by atoms with Gasteiger partial charge in [-0.05, 0) is 19.9 Å². The fourth-order valence-electron chi connectivity index (χ4n) is 6.02. The highest BCUT2D eigenvalue weighted by molar-refractivity contribution is 6.31. The van der Waals surface area contributed by atoms with Gasteiger partial charge in [-0.25, -0.2) is 0 Å². The molecule has 1 heterocycles. The van der Waals surface area contributed by atoms with E-state index >= 15 is 0 Å². The molecule has 0 radical (unpaired) electrons. The summed E-state index contributed by atoms with van der Waals surface area (Å²) in [7, 11) is 1.27. The molecule has 1 saturated heterocycles. The van der Waals surface area contributed by atoms with E-state index < -0.39 is 108 Å². The number of hydrogen-bond acceptors (Lipinski definition) is 11. The Labute approximate surface area is 247 Å². The molecule has 0 aromatic heterocycles. The van der Waals surface area contributed by atoms with Gasteiger partial charge < -0.3 is 40.0 Å². The van der Waals surface area contributed by atoms with Gasteiger partial charge in [-0.3, -0.25) is 19.2 Å². The van der Waals surface area contributed by atoms with Crippen molar-refractivity contribution in [2.75, 3.05) is 7.11 Å². The van der Waals surface area contributed by atoms with E-state index in [4.69, 9.17) is 14.2 Å². The predicted molar refractivity (Wildman–Crippen MR) is 140 cm³/mol. The fourth-order valence-corrected chi connectivity index (χ4v) is 6.02. The van der Waals surface area contributed by atoms with Gasteiger partial charge in [0.1, 0.15) is 29.0 Å². The normalized spacial score (nSPS) is 28.0. The third-order valence-corrected chi connectivity index (χ3v) is 8.33. The molecule has 2 aromatic carbocycles. The average Bonchev–Trinajstić information content (AvgIpc) is 2.94. The molecule has 0 bridgehead atoms. The summed E-state index contributed by atoms with van der Waals surface area (Å²) in [6, 6.07) is 2.71. The van der Waals surface area contributed by atoms with Crippen molar-refractivity contribution >= 4 is 23.3 Å². The van der Waals surface area contributed by atoms with E-state index in [0.29, 0.717) is 0 Å². The van der Waals surface area contributed by atoms with Crippen LogP contribution in [0.1, 0.15) is 75.8 Å². The van der Waals surface area contributed by atoms with Crippen LogP contribution in [0.4, 0.5) is 13.2 Å². The van der Waals surface area contributed by atoms with Crippen molar-refractivity contribution in [1.82, 2.24) is 5.32 Å². The number of nitrogens with one attached hydrogen (secondary N) is 1. The maximum atomic E-state index is 13.7. The first-order chi connectivity index (χ1) is 20.5.